The first-order chi connectivity index (χ1) is 15.8. The van der Waals surface area contributed by atoms with Crippen LogP contribution < -0.4 is 10.8 Å². The highest BCUT2D eigenvalue weighted by atomic mass is 32.2. The molecule has 1 saturated heterocycles. The number of aliphatic hydroxyl groups excluding tert-OH is 1. The van der Waals surface area contributed by atoms with Crippen LogP contribution in [0.5, 0.6) is 0 Å². The van der Waals surface area contributed by atoms with Crippen molar-refractivity contribution in [2.45, 2.75) is 23.6 Å². The van der Waals surface area contributed by atoms with Crippen molar-refractivity contribution < 1.29 is 32.0 Å². The van der Waals surface area contributed by atoms with Gasteiger partial charge < -0.3 is 10.0 Å². The second-order valence-corrected chi connectivity index (χ2v) is 8.04. The molecule has 0 aliphatic carbocycles. The number of aromatic nitrogens is 2. The molecule has 12 heteroatoms. The summed E-state index contributed by atoms with van der Waals surface area (Å²) in [5.74, 6) is 3.04. The number of aliphatic hydroxyl groups is 1. The van der Waals surface area contributed by atoms with Crippen molar-refractivity contribution in [3.05, 3.63) is 60.2 Å². The average molecular weight is 482 g/mol. The predicted molar refractivity (Wildman–Crippen MR) is 113 cm³/mol. The number of hydrogen-bond acceptors (Lipinski definition) is 8. The van der Waals surface area contributed by atoms with E-state index in [1.807, 2.05) is 0 Å². The Labute approximate surface area is 190 Å². The van der Waals surface area contributed by atoms with Crippen LogP contribution in [0.4, 0.5) is 23.4 Å². The van der Waals surface area contributed by atoms with Crippen LogP contribution in [-0.4, -0.2) is 34.3 Å². The van der Waals surface area contributed by atoms with Crippen molar-refractivity contribution in [1.29, 1.82) is 0 Å². The molecular weight excluding hydrogens is 464 g/mol. The molecular formula is C21H18F4N4O3S. The molecule has 1 fully saturated rings. The van der Waals surface area contributed by atoms with Gasteiger partial charge in [-0.25, -0.2) is 14.4 Å². The molecule has 1 atom stereocenters. The summed E-state index contributed by atoms with van der Waals surface area (Å²) in [5.41, 5.74) is 1.05. The number of nitrogens with zero attached hydrogens (tertiary/aromatic N) is 3. The van der Waals surface area contributed by atoms with Crippen LogP contribution in [0.15, 0.2) is 53.4 Å². The number of halogens is 4. The average Bonchev–Trinajstić information content (AvgIpc) is 3.23. The number of hydrogen-bond donors (Lipinski definition) is 2. The molecule has 1 aliphatic rings. The third-order valence-corrected chi connectivity index (χ3v) is 5.61. The molecule has 7 nitrogen and oxygen atoms in total. The quantitative estimate of drug-likeness (QED) is 0.232. The fourth-order valence-corrected chi connectivity index (χ4v) is 4.01. The summed E-state index contributed by atoms with van der Waals surface area (Å²) >= 11 is 0.808. The fourth-order valence-electron chi connectivity index (χ4n) is 3.58. The Kier molecular flexibility index (Phi) is 6.81. The first-order valence-electron chi connectivity index (χ1n) is 9.75. The maximum atomic E-state index is 13.7. The van der Waals surface area contributed by atoms with E-state index in [-0.39, 0.29) is 23.6 Å². The van der Waals surface area contributed by atoms with Crippen LogP contribution >= 0.6 is 12.0 Å². The second-order valence-electron chi connectivity index (χ2n) is 7.26. The number of β-amino-alcohol motifs (C(OH)–C–C–N with tert-alkyl or cyclic N) is 1. The number of benzene rings is 2. The molecule has 3 aromatic rings. The predicted octanol–water partition coefficient (Wildman–Crippen LogP) is 4.37. The zero-order valence-electron chi connectivity index (χ0n) is 16.9. The molecule has 0 unspecified atom stereocenters. The molecule has 1 aromatic heterocycles. The molecule has 1 aliphatic heterocycles. The summed E-state index contributed by atoms with van der Waals surface area (Å²) in [6.07, 6.45) is -5.13. The number of nitrogens with two attached hydrogens (primary N) is 1. The van der Waals surface area contributed by atoms with Crippen LogP contribution in [0.1, 0.15) is 12.2 Å². The normalized spacial score (nSPS) is 16.4. The lowest BCUT2D eigenvalue weighted by Gasteiger charge is -2.24. The highest BCUT2D eigenvalue weighted by Gasteiger charge is 2.38. The van der Waals surface area contributed by atoms with E-state index in [4.69, 9.17) is 5.90 Å². The molecule has 0 spiro atoms. The molecule has 0 radical (unpaired) electrons. The van der Waals surface area contributed by atoms with Crippen molar-refractivity contribution in [3.63, 3.8) is 0 Å². The van der Waals surface area contributed by atoms with Gasteiger partial charge in [0.1, 0.15) is 11.6 Å². The van der Waals surface area contributed by atoms with Crippen molar-refractivity contribution in [2.75, 3.05) is 18.0 Å². The largest absolute Gasteiger partial charge is 0.451 e. The maximum Gasteiger partial charge on any atom is 0.451 e. The molecule has 2 heterocycles. The van der Waals surface area contributed by atoms with E-state index in [0.717, 1.165) is 24.2 Å². The maximum absolute atomic E-state index is 13.7. The van der Waals surface area contributed by atoms with E-state index in [1.165, 1.54) is 12.1 Å². The van der Waals surface area contributed by atoms with Crippen molar-refractivity contribution >= 4 is 17.9 Å². The van der Waals surface area contributed by atoms with Gasteiger partial charge in [-0.3, -0.25) is 0 Å². The Morgan fingerprint density at radius 2 is 1.85 bits per heavy atom. The Morgan fingerprint density at radius 3 is 2.48 bits per heavy atom. The smallest absolute Gasteiger partial charge is 0.391 e. The summed E-state index contributed by atoms with van der Waals surface area (Å²) in [7, 11) is 0. The molecule has 4 rings (SSSR count). The van der Waals surface area contributed by atoms with Crippen LogP contribution in [-0.2, 0) is 15.5 Å². The van der Waals surface area contributed by atoms with E-state index in [2.05, 4.69) is 19.3 Å². The minimum atomic E-state index is -4.82. The molecule has 3 N–H and O–H groups in total. The topological polar surface area (TPSA) is 93.7 Å². The van der Waals surface area contributed by atoms with Crippen molar-refractivity contribution in [3.8, 4) is 22.4 Å². The zero-order valence-corrected chi connectivity index (χ0v) is 17.7. The van der Waals surface area contributed by atoms with Crippen LogP contribution in [0.25, 0.3) is 22.4 Å². The highest BCUT2D eigenvalue weighted by molar-refractivity contribution is 7.94. The van der Waals surface area contributed by atoms with Crippen LogP contribution in [0.3, 0.4) is 0 Å². The molecule has 2 aromatic carbocycles. The first kappa shape index (κ1) is 23.4. The first-order valence-corrected chi connectivity index (χ1v) is 10.5. The van der Waals surface area contributed by atoms with Gasteiger partial charge in [-0.15, -0.1) is 9.32 Å². The van der Waals surface area contributed by atoms with E-state index in [9.17, 15) is 22.7 Å². The van der Waals surface area contributed by atoms with Gasteiger partial charge in [-0.2, -0.15) is 19.1 Å². The third kappa shape index (κ3) is 5.25. The van der Waals surface area contributed by atoms with Crippen molar-refractivity contribution in [1.82, 2.24) is 9.97 Å². The second kappa shape index (κ2) is 9.61. The minimum absolute atomic E-state index is 0.0198. The van der Waals surface area contributed by atoms with E-state index < -0.39 is 23.9 Å². The van der Waals surface area contributed by atoms with Gasteiger partial charge in [-0.05, 0) is 48.4 Å². The minimum Gasteiger partial charge on any atom is -0.391 e. The van der Waals surface area contributed by atoms with E-state index >= 15 is 0 Å². The SMILES string of the molecule is NOOSc1cccc(-c2c(-c3ccc(F)cc3)nc(C(F)(F)F)nc2N2CC[C@@H](O)C2)c1. The highest BCUT2D eigenvalue weighted by Crippen LogP contribution is 2.42. The number of alkyl halides is 3. The standard InChI is InChI=1S/C21H18F4N4O3S/c22-14-6-4-12(5-7-14)18-17(13-2-1-3-16(10-13)33-32-31-26)19(29-9-8-15(30)11-29)28-20(27-18)21(23,24)25/h1-7,10,15,30H,8-9,11,26H2/t15-/m1/s1. The summed E-state index contributed by atoms with van der Waals surface area (Å²) in [5, 5.41) is 10.0. The van der Waals surface area contributed by atoms with Crippen LogP contribution in [0.2, 0.25) is 0 Å². The summed E-state index contributed by atoms with van der Waals surface area (Å²) in [4.78, 5) is 13.9. The lowest BCUT2D eigenvalue weighted by atomic mass is 9.99. The Balaban J connectivity index is 1.98. The van der Waals surface area contributed by atoms with Gasteiger partial charge in [0, 0.05) is 23.5 Å². The van der Waals surface area contributed by atoms with E-state index in [0.29, 0.717) is 29.0 Å². The number of anilines is 1. The van der Waals surface area contributed by atoms with Gasteiger partial charge >= 0.3 is 6.18 Å². The Hall–Kier alpha value is -2.77. The molecule has 174 valence electrons. The molecule has 0 saturated carbocycles. The van der Waals surface area contributed by atoms with Crippen molar-refractivity contribution in [2.24, 2.45) is 5.90 Å². The summed E-state index contributed by atoms with van der Waals surface area (Å²) in [6.45, 7) is 0.423. The monoisotopic (exact) mass is 482 g/mol. The van der Waals surface area contributed by atoms with Gasteiger partial charge in [0.15, 0.2) is 0 Å². The fraction of sp³-hybridized carbons (Fsp3) is 0.238. The lowest BCUT2D eigenvalue weighted by Crippen LogP contribution is -2.25. The zero-order chi connectivity index (χ0) is 23.6. The lowest BCUT2D eigenvalue weighted by molar-refractivity contribution is -0.195. The van der Waals surface area contributed by atoms with E-state index in [1.54, 1.807) is 29.2 Å². The van der Waals surface area contributed by atoms with Crippen LogP contribution in [0, 0.1) is 5.82 Å². The summed E-state index contributed by atoms with van der Waals surface area (Å²) in [6, 6.07) is 11.7. The summed E-state index contributed by atoms with van der Waals surface area (Å²) < 4.78 is 59.4. The molecule has 0 amide bonds. The van der Waals surface area contributed by atoms with Gasteiger partial charge in [0.2, 0.25) is 5.82 Å². The van der Waals surface area contributed by atoms with Gasteiger partial charge in [0.25, 0.3) is 0 Å². The Bertz CT molecular complexity index is 1130. The third-order valence-electron chi connectivity index (χ3n) is 5.02. The Morgan fingerprint density at radius 1 is 1.09 bits per heavy atom. The molecule has 33 heavy (non-hydrogen) atoms. The number of rotatable bonds is 6. The van der Waals surface area contributed by atoms with Gasteiger partial charge in [0.05, 0.1) is 29.4 Å². The van der Waals surface area contributed by atoms with Gasteiger partial charge in [-0.1, -0.05) is 12.1 Å². The molecule has 0 bridgehead atoms.